The maximum atomic E-state index is 12.0. The van der Waals surface area contributed by atoms with Crippen molar-refractivity contribution in [3.05, 3.63) is 29.8 Å². The number of ketones is 1. The zero-order valence-corrected chi connectivity index (χ0v) is 10.6. The molecule has 0 saturated heterocycles. The van der Waals surface area contributed by atoms with Crippen LogP contribution >= 0.6 is 11.8 Å². The molecule has 0 spiro atoms. The Hall–Kier alpha value is -0.760. The summed E-state index contributed by atoms with van der Waals surface area (Å²) in [6.45, 7) is 2.17. The van der Waals surface area contributed by atoms with E-state index in [1.165, 1.54) is 23.3 Å². The zero-order valence-electron chi connectivity index (χ0n) is 9.74. The molecule has 0 bridgehead atoms. The highest BCUT2D eigenvalue weighted by atomic mass is 32.2. The SMILES string of the molecule is CCCCCC(=O)C1Cc2ccccc2S1. The van der Waals surface area contributed by atoms with Gasteiger partial charge in [-0.1, -0.05) is 38.0 Å². The van der Waals surface area contributed by atoms with Crippen LogP contribution in [0, 0.1) is 0 Å². The van der Waals surface area contributed by atoms with Crippen LogP contribution in [-0.4, -0.2) is 11.0 Å². The van der Waals surface area contributed by atoms with Gasteiger partial charge in [0.25, 0.3) is 0 Å². The Balaban J connectivity index is 1.88. The lowest BCUT2D eigenvalue weighted by atomic mass is 10.0. The highest BCUT2D eigenvalue weighted by molar-refractivity contribution is 8.01. The van der Waals surface area contributed by atoms with E-state index in [4.69, 9.17) is 0 Å². The lowest BCUT2D eigenvalue weighted by Gasteiger charge is -2.06. The predicted molar refractivity (Wildman–Crippen MR) is 68.9 cm³/mol. The summed E-state index contributed by atoms with van der Waals surface area (Å²) < 4.78 is 0. The number of thioether (sulfide) groups is 1. The number of rotatable bonds is 5. The van der Waals surface area contributed by atoms with E-state index in [1.807, 2.05) is 0 Å². The smallest absolute Gasteiger partial charge is 0.146 e. The topological polar surface area (TPSA) is 17.1 Å². The van der Waals surface area contributed by atoms with Gasteiger partial charge in [0.05, 0.1) is 5.25 Å². The summed E-state index contributed by atoms with van der Waals surface area (Å²) in [6, 6.07) is 8.38. The second-order valence-electron chi connectivity index (χ2n) is 4.34. The lowest BCUT2D eigenvalue weighted by Crippen LogP contribution is -2.15. The van der Waals surface area contributed by atoms with Gasteiger partial charge in [-0.15, -0.1) is 11.8 Å². The summed E-state index contributed by atoms with van der Waals surface area (Å²) in [5.74, 6) is 0.439. The summed E-state index contributed by atoms with van der Waals surface area (Å²) in [4.78, 5) is 13.3. The van der Waals surface area contributed by atoms with Gasteiger partial charge >= 0.3 is 0 Å². The minimum atomic E-state index is 0.189. The Morgan fingerprint density at radius 2 is 2.19 bits per heavy atom. The molecule has 0 N–H and O–H groups in total. The van der Waals surface area contributed by atoms with Crippen LogP contribution in [0.5, 0.6) is 0 Å². The van der Waals surface area contributed by atoms with Crippen molar-refractivity contribution in [1.82, 2.24) is 0 Å². The highest BCUT2D eigenvalue weighted by Crippen LogP contribution is 2.37. The molecule has 1 nitrogen and oxygen atoms in total. The van der Waals surface area contributed by atoms with Crippen LogP contribution < -0.4 is 0 Å². The van der Waals surface area contributed by atoms with Gasteiger partial charge in [-0.2, -0.15) is 0 Å². The van der Waals surface area contributed by atoms with E-state index in [0.29, 0.717) is 5.78 Å². The van der Waals surface area contributed by atoms with Crippen molar-refractivity contribution in [3.63, 3.8) is 0 Å². The molecular formula is C14H18OS. The first kappa shape index (κ1) is 11.7. The molecule has 0 aromatic heterocycles. The largest absolute Gasteiger partial charge is 0.298 e. The molecule has 2 heteroatoms. The Bertz CT molecular complexity index is 348. The number of unbranched alkanes of at least 4 members (excludes halogenated alkanes) is 2. The van der Waals surface area contributed by atoms with Crippen LogP contribution in [0.15, 0.2) is 29.2 Å². The molecule has 1 heterocycles. The first-order valence-corrected chi connectivity index (χ1v) is 6.96. The molecule has 0 radical (unpaired) electrons. The predicted octanol–water partition coefficient (Wildman–Crippen LogP) is 3.85. The molecule has 1 aromatic rings. The van der Waals surface area contributed by atoms with Crippen molar-refractivity contribution in [2.75, 3.05) is 0 Å². The van der Waals surface area contributed by atoms with Crippen molar-refractivity contribution in [2.45, 2.75) is 49.2 Å². The van der Waals surface area contributed by atoms with Crippen LogP contribution in [0.2, 0.25) is 0 Å². The van der Waals surface area contributed by atoms with Crippen molar-refractivity contribution >= 4 is 17.5 Å². The van der Waals surface area contributed by atoms with Crippen LogP contribution in [0.1, 0.15) is 38.2 Å². The maximum Gasteiger partial charge on any atom is 0.146 e. The summed E-state index contributed by atoms with van der Waals surface area (Å²) in [6.07, 6.45) is 5.12. The molecule has 1 aromatic carbocycles. The second kappa shape index (κ2) is 5.53. The molecule has 1 aliphatic rings. The minimum absolute atomic E-state index is 0.189. The molecule has 1 unspecified atom stereocenters. The van der Waals surface area contributed by atoms with E-state index in [9.17, 15) is 4.79 Å². The summed E-state index contributed by atoms with van der Waals surface area (Å²) in [5.41, 5.74) is 1.35. The fourth-order valence-corrected chi connectivity index (χ4v) is 3.35. The molecule has 0 amide bonds. The van der Waals surface area contributed by atoms with Crippen LogP contribution in [0.25, 0.3) is 0 Å². The van der Waals surface area contributed by atoms with Crippen LogP contribution in [0.4, 0.5) is 0 Å². The third-order valence-electron chi connectivity index (χ3n) is 3.03. The Kier molecular flexibility index (Phi) is 4.05. The van der Waals surface area contributed by atoms with Gasteiger partial charge in [0.2, 0.25) is 0 Å². The third-order valence-corrected chi connectivity index (χ3v) is 4.40. The van der Waals surface area contributed by atoms with Crippen molar-refractivity contribution in [1.29, 1.82) is 0 Å². The Labute approximate surface area is 102 Å². The molecule has 2 rings (SSSR count). The molecule has 0 saturated carbocycles. The average molecular weight is 234 g/mol. The quantitative estimate of drug-likeness (QED) is 0.720. The van der Waals surface area contributed by atoms with E-state index in [1.54, 1.807) is 11.8 Å². The van der Waals surface area contributed by atoms with E-state index in [0.717, 1.165) is 19.3 Å². The van der Waals surface area contributed by atoms with Crippen molar-refractivity contribution in [2.24, 2.45) is 0 Å². The molecule has 1 atom stereocenters. The van der Waals surface area contributed by atoms with E-state index in [2.05, 4.69) is 31.2 Å². The molecule has 1 aliphatic heterocycles. The summed E-state index contributed by atoms with van der Waals surface area (Å²) >= 11 is 1.75. The first-order chi connectivity index (χ1) is 7.81. The maximum absolute atomic E-state index is 12.0. The highest BCUT2D eigenvalue weighted by Gasteiger charge is 2.26. The first-order valence-electron chi connectivity index (χ1n) is 6.08. The lowest BCUT2D eigenvalue weighted by molar-refractivity contribution is -0.118. The average Bonchev–Trinajstić information content (AvgIpc) is 2.73. The van der Waals surface area contributed by atoms with Gasteiger partial charge in [0.15, 0.2) is 0 Å². The summed E-state index contributed by atoms with van der Waals surface area (Å²) in [7, 11) is 0. The van der Waals surface area contributed by atoms with Gasteiger partial charge in [-0.05, 0) is 24.5 Å². The van der Waals surface area contributed by atoms with E-state index in [-0.39, 0.29) is 5.25 Å². The number of fused-ring (bicyclic) bond motifs is 1. The number of carbonyl (C=O) groups is 1. The molecule has 16 heavy (non-hydrogen) atoms. The number of carbonyl (C=O) groups excluding carboxylic acids is 1. The zero-order chi connectivity index (χ0) is 11.4. The third kappa shape index (κ3) is 2.67. The molecular weight excluding hydrogens is 216 g/mol. The number of Topliss-reactive ketones (excluding diaryl/α,β-unsaturated/α-hetero) is 1. The monoisotopic (exact) mass is 234 g/mol. The van der Waals surface area contributed by atoms with Crippen molar-refractivity contribution in [3.8, 4) is 0 Å². The molecule has 0 fully saturated rings. The Morgan fingerprint density at radius 1 is 1.38 bits per heavy atom. The minimum Gasteiger partial charge on any atom is -0.298 e. The van der Waals surface area contributed by atoms with Gasteiger partial charge in [-0.25, -0.2) is 0 Å². The number of hydrogen-bond acceptors (Lipinski definition) is 2. The van der Waals surface area contributed by atoms with Gasteiger partial charge in [0.1, 0.15) is 5.78 Å². The number of benzene rings is 1. The van der Waals surface area contributed by atoms with Crippen LogP contribution in [0.3, 0.4) is 0 Å². The Morgan fingerprint density at radius 3 is 2.94 bits per heavy atom. The fraction of sp³-hybridized carbons (Fsp3) is 0.500. The van der Waals surface area contributed by atoms with E-state index < -0.39 is 0 Å². The molecule has 86 valence electrons. The van der Waals surface area contributed by atoms with Gasteiger partial charge < -0.3 is 0 Å². The summed E-state index contributed by atoms with van der Waals surface area (Å²) in [5, 5.41) is 0.189. The van der Waals surface area contributed by atoms with Crippen LogP contribution in [-0.2, 0) is 11.2 Å². The standard InChI is InChI=1S/C14H18OS/c1-2-3-4-8-12(15)14-10-11-7-5-6-9-13(11)16-14/h5-7,9,14H,2-4,8,10H2,1H3. The normalized spacial score (nSPS) is 18.4. The molecule has 0 aliphatic carbocycles. The fourth-order valence-electron chi connectivity index (χ4n) is 2.07. The van der Waals surface area contributed by atoms with E-state index >= 15 is 0 Å². The van der Waals surface area contributed by atoms with Gasteiger partial charge in [0, 0.05) is 11.3 Å². The second-order valence-corrected chi connectivity index (χ2v) is 5.59. The van der Waals surface area contributed by atoms with Crippen molar-refractivity contribution < 1.29 is 4.79 Å². The van der Waals surface area contributed by atoms with Gasteiger partial charge in [-0.3, -0.25) is 4.79 Å². The number of hydrogen-bond donors (Lipinski definition) is 0.